The molecule has 2 aromatic rings. The number of anilines is 2. The van der Waals surface area contributed by atoms with Crippen molar-refractivity contribution >= 4 is 46.7 Å². The third-order valence-electron chi connectivity index (χ3n) is 3.94. The van der Waals surface area contributed by atoms with Crippen LogP contribution in [0.4, 0.5) is 11.4 Å². The molecule has 3 rings (SSSR count). The van der Waals surface area contributed by atoms with E-state index in [0.29, 0.717) is 10.7 Å². The molecular formula is C20H15ClN2O5. The lowest BCUT2D eigenvalue weighted by molar-refractivity contribution is -0.120. The van der Waals surface area contributed by atoms with Crippen molar-refractivity contribution in [3.8, 4) is 0 Å². The van der Waals surface area contributed by atoms with E-state index >= 15 is 0 Å². The highest BCUT2D eigenvalue weighted by atomic mass is 35.5. The number of nitrogens with one attached hydrogen (secondary N) is 1. The SMILES string of the molecule is Cc1ccc(NC(=O)COC(=O)c2cccc(N3C(=O)C=CC3=O)c2)cc1Cl. The van der Waals surface area contributed by atoms with Crippen molar-refractivity contribution in [2.24, 2.45) is 0 Å². The summed E-state index contributed by atoms with van der Waals surface area (Å²) in [5.74, 6) is -2.28. The van der Waals surface area contributed by atoms with Crippen molar-refractivity contribution in [1.29, 1.82) is 0 Å². The topological polar surface area (TPSA) is 92.8 Å². The number of hydrogen-bond acceptors (Lipinski definition) is 5. The smallest absolute Gasteiger partial charge is 0.338 e. The molecule has 0 saturated heterocycles. The van der Waals surface area contributed by atoms with E-state index in [-0.39, 0.29) is 11.3 Å². The average Bonchev–Trinajstić information content (AvgIpc) is 3.01. The number of rotatable bonds is 5. The Hall–Kier alpha value is -3.45. The van der Waals surface area contributed by atoms with Crippen LogP contribution in [-0.2, 0) is 19.1 Å². The van der Waals surface area contributed by atoms with E-state index < -0.39 is 30.3 Å². The van der Waals surface area contributed by atoms with Crippen molar-refractivity contribution in [2.75, 3.05) is 16.8 Å². The minimum absolute atomic E-state index is 0.108. The summed E-state index contributed by atoms with van der Waals surface area (Å²) in [5, 5.41) is 3.08. The maximum atomic E-state index is 12.2. The second-order valence-electron chi connectivity index (χ2n) is 5.98. The molecule has 1 aliphatic rings. The third-order valence-corrected chi connectivity index (χ3v) is 4.35. The predicted molar refractivity (Wildman–Crippen MR) is 103 cm³/mol. The quantitative estimate of drug-likeness (QED) is 0.617. The monoisotopic (exact) mass is 398 g/mol. The van der Waals surface area contributed by atoms with Gasteiger partial charge in [-0.3, -0.25) is 14.4 Å². The first-order valence-electron chi connectivity index (χ1n) is 8.24. The first-order chi connectivity index (χ1) is 13.3. The molecule has 0 fully saturated rings. The molecule has 8 heteroatoms. The van der Waals surface area contributed by atoms with Gasteiger partial charge in [0.25, 0.3) is 17.7 Å². The van der Waals surface area contributed by atoms with Crippen LogP contribution < -0.4 is 10.2 Å². The zero-order valence-corrected chi connectivity index (χ0v) is 15.5. The molecule has 1 aliphatic heterocycles. The second kappa shape index (κ2) is 8.06. The molecule has 142 valence electrons. The van der Waals surface area contributed by atoms with Crippen LogP contribution in [0.2, 0.25) is 5.02 Å². The number of imide groups is 1. The van der Waals surface area contributed by atoms with Gasteiger partial charge in [-0.2, -0.15) is 0 Å². The predicted octanol–water partition coefficient (Wildman–Crippen LogP) is 2.87. The third kappa shape index (κ3) is 4.27. The number of aryl methyl sites for hydroxylation is 1. The Morgan fingerprint density at radius 2 is 1.79 bits per heavy atom. The molecule has 7 nitrogen and oxygen atoms in total. The Labute approximate surface area is 165 Å². The van der Waals surface area contributed by atoms with Gasteiger partial charge in [0.05, 0.1) is 11.3 Å². The molecule has 0 radical (unpaired) electrons. The molecule has 0 saturated carbocycles. The van der Waals surface area contributed by atoms with Crippen LogP contribution in [0, 0.1) is 6.92 Å². The number of amides is 3. The van der Waals surface area contributed by atoms with Crippen LogP contribution in [0.3, 0.4) is 0 Å². The zero-order valence-electron chi connectivity index (χ0n) is 14.8. The number of benzene rings is 2. The summed E-state index contributed by atoms with van der Waals surface area (Å²) in [6.45, 7) is 1.33. The highest BCUT2D eigenvalue weighted by Gasteiger charge is 2.25. The largest absolute Gasteiger partial charge is 0.452 e. The van der Waals surface area contributed by atoms with Gasteiger partial charge < -0.3 is 10.1 Å². The summed E-state index contributed by atoms with van der Waals surface area (Å²) >= 11 is 6.00. The number of esters is 1. The average molecular weight is 399 g/mol. The molecule has 0 spiro atoms. The fraction of sp³-hybridized carbons (Fsp3) is 0.100. The number of carbonyl (C=O) groups excluding carboxylic acids is 4. The van der Waals surface area contributed by atoms with E-state index in [1.54, 1.807) is 18.2 Å². The lowest BCUT2D eigenvalue weighted by atomic mass is 10.2. The van der Waals surface area contributed by atoms with Crippen LogP contribution >= 0.6 is 11.6 Å². The Bertz CT molecular complexity index is 997. The Kier molecular flexibility index (Phi) is 5.56. The fourth-order valence-electron chi connectivity index (χ4n) is 2.51. The van der Waals surface area contributed by atoms with Gasteiger partial charge in [0.1, 0.15) is 0 Å². The van der Waals surface area contributed by atoms with Gasteiger partial charge in [0, 0.05) is 22.9 Å². The number of ether oxygens (including phenoxy) is 1. The number of nitrogens with zero attached hydrogens (tertiary/aromatic N) is 1. The van der Waals surface area contributed by atoms with Gasteiger partial charge >= 0.3 is 5.97 Å². The summed E-state index contributed by atoms with van der Waals surface area (Å²) in [4.78, 5) is 48.6. The van der Waals surface area contributed by atoms with Crippen LogP contribution in [-0.4, -0.2) is 30.3 Å². The standard InChI is InChI=1S/C20H15ClN2O5/c1-12-5-6-14(10-16(12)21)22-17(24)11-28-20(27)13-3-2-4-15(9-13)23-18(25)7-8-19(23)26/h2-10H,11H2,1H3,(H,22,24). The minimum atomic E-state index is -0.758. The Balaban J connectivity index is 1.61. The molecule has 0 bridgehead atoms. The molecule has 0 aromatic heterocycles. The molecule has 2 aromatic carbocycles. The van der Waals surface area contributed by atoms with E-state index in [1.165, 1.54) is 24.3 Å². The summed E-state index contributed by atoms with van der Waals surface area (Å²) in [7, 11) is 0. The van der Waals surface area contributed by atoms with Gasteiger partial charge in [-0.05, 0) is 42.8 Å². The van der Waals surface area contributed by atoms with Crippen molar-refractivity contribution in [3.63, 3.8) is 0 Å². The molecule has 28 heavy (non-hydrogen) atoms. The maximum absolute atomic E-state index is 12.2. The van der Waals surface area contributed by atoms with Crippen molar-refractivity contribution < 1.29 is 23.9 Å². The van der Waals surface area contributed by atoms with E-state index in [0.717, 1.165) is 22.6 Å². The summed E-state index contributed by atoms with van der Waals surface area (Å²) in [5.41, 5.74) is 1.71. The van der Waals surface area contributed by atoms with E-state index in [9.17, 15) is 19.2 Å². The number of carbonyl (C=O) groups is 4. The van der Waals surface area contributed by atoms with Crippen LogP contribution in [0.1, 0.15) is 15.9 Å². The summed E-state index contributed by atoms with van der Waals surface area (Å²) in [6, 6.07) is 10.9. The first kappa shape index (κ1) is 19.3. The second-order valence-corrected chi connectivity index (χ2v) is 6.39. The van der Waals surface area contributed by atoms with Crippen molar-refractivity contribution in [1.82, 2.24) is 0 Å². The fourth-order valence-corrected chi connectivity index (χ4v) is 2.69. The van der Waals surface area contributed by atoms with Gasteiger partial charge in [-0.1, -0.05) is 23.7 Å². The number of hydrogen-bond donors (Lipinski definition) is 1. The van der Waals surface area contributed by atoms with Crippen molar-refractivity contribution in [2.45, 2.75) is 6.92 Å². The van der Waals surface area contributed by atoms with E-state index in [1.807, 2.05) is 6.92 Å². The highest BCUT2D eigenvalue weighted by Crippen LogP contribution is 2.21. The minimum Gasteiger partial charge on any atom is -0.452 e. The lowest BCUT2D eigenvalue weighted by Crippen LogP contribution is -2.29. The van der Waals surface area contributed by atoms with Gasteiger partial charge in [0.15, 0.2) is 6.61 Å². The molecule has 1 N–H and O–H groups in total. The summed E-state index contributed by atoms with van der Waals surface area (Å²) < 4.78 is 5.00. The molecular weight excluding hydrogens is 384 g/mol. The Morgan fingerprint density at radius 1 is 1.07 bits per heavy atom. The normalized spacial score (nSPS) is 13.0. The molecule has 0 atom stereocenters. The lowest BCUT2D eigenvalue weighted by Gasteiger charge is -2.14. The van der Waals surface area contributed by atoms with Gasteiger partial charge in [-0.15, -0.1) is 0 Å². The number of halogens is 1. The van der Waals surface area contributed by atoms with Gasteiger partial charge in [0.2, 0.25) is 0 Å². The van der Waals surface area contributed by atoms with E-state index in [2.05, 4.69) is 5.32 Å². The highest BCUT2D eigenvalue weighted by molar-refractivity contribution is 6.31. The molecule has 0 unspecified atom stereocenters. The van der Waals surface area contributed by atoms with Crippen molar-refractivity contribution in [3.05, 3.63) is 70.8 Å². The van der Waals surface area contributed by atoms with E-state index in [4.69, 9.17) is 16.3 Å². The van der Waals surface area contributed by atoms with Crippen LogP contribution in [0.15, 0.2) is 54.6 Å². The van der Waals surface area contributed by atoms with Crippen LogP contribution in [0.5, 0.6) is 0 Å². The zero-order chi connectivity index (χ0) is 20.3. The molecule has 1 heterocycles. The molecule has 0 aliphatic carbocycles. The Morgan fingerprint density at radius 3 is 2.46 bits per heavy atom. The molecule has 3 amide bonds. The first-order valence-corrected chi connectivity index (χ1v) is 8.62. The summed E-state index contributed by atoms with van der Waals surface area (Å²) in [6.07, 6.45) is 2.30. The maximum Gasteiger partial charge on any atom is 0.338 e. The van der Waals surface area contributed by atoms with Gasteiger partial charge in [-0.25, -0.2) is 9.69 Å². The van der Waals surface area contributed by atoms with Crippen LogP contribution in [0.25, 0.3) is 0 Å².